The van der Waals surface area contributed by atoms with Crippen molar-refractivity contribution in [3.8, 4) is 0 Å². The molecule has 1 aromatic carbocycles. The quantitative estimate of drug-likeness (QED) is 0.506. The van der Waals surface area contributed by atoms with Gasteiger partial charge < -0.3 is 19.8 Å². The van der Waals surface area contributed by atoms with Gasteiger partial charge in [-0.3, -0.25) is 10.1 Å². The summed E-state index contributed by atoms with van der Waals surface area (Å²) in [6, 6.07) is 4.70. The van der Waals surface area contributed by atoms with Gasteiger partial charge in [0.1, 0.15) is 11.2 Å². The molecule has 1 fully saturated rings. The van der Waals surface area contributed by atoms with Crippen LogP contribution in [0.25, 0.3) is 10.9 Å². The molecule has 0 spiro atoms. The number of nitrogens with one attached hydrogen (secondary N) is 2. The van der Waals surface area contributed by atoms with Crippen molar-refractivity contribution in [2.24, 2.45) is 0 Å². The van der Waals surface area contributed by atoms with Gasteiger partial charge in [-0.1, -0.05) is 0 Å². The van der Waals surface area contributed by atoms with E-state index in [1.54, 1.807) is 19.1 Å². The monoisotopic (exact) mass is 319 g/mol. The lowest BCUT2D eigenvalue weighted by atomic mass is 10.0. The Balaban J connectivity index is 2.12. The van der Waals surface area contributed by atoms with Gasteiger partial charge in [-0.15, -0.1) is 0 Å². The zero-order chi connectivity index (χ0) is 16.4. The fourth-order valence-corrected chi connectivity index (χ4v) is 2.74. The Bertz CT molecular complexity index is 749. The van der Waals surface area contributed by atoms with E-state index in [-0.39, 0.29) is 24.1 Å². The van der Waals surface area contributed by atoms with Crippen molar-refractivity contribution in [1.29, 1.82) is 0 Å². The van der Waals surface area contributed by atoms with Crippen molar-refractivity contribution in [2.75, 3.05) is 26.3 Å². The summed E-state index contributed by atoms with van der Waals surface area (Å²) >= 11 is 0. The molecule has 0 bridgehead atoms. The van der Waals surface area contributed by atoms with Gasteiger partial charge in [0.05, 0.1) is 24.2 Å². The Hall–Kier alpha value is -2.45. The molecule has 2 N–H and O–H groups in total. The predicted molar refractivity (Wildman–Crippen MR) is 82.5 cm³/mol. The topological polar surface area (TPSA) is 106 Å². The summed E-state index contributed by atoms with van der Waals surface area (Å²) < 4.78 is 10.7. The number of aromatic amines is 1. The van der Waals surface area contributed by atoms with Crippen molar-refractivity contribution in [3.63, 3.8) is 0 Å². The maximum absolute atomic E-state index is 11.9. The summed E-state index contributed by atoms with van der Waals surface area (Å²) in [5.41, 5.74) is 1.23. The smallest absolute Gasteiger partial charge is 0.354 e. The number of esters is 1. The van der Waals surface area contributed by atoms with Gasteiger partial charge in [-0.05, 0) is 24.6 Å². The van der Waals surface area contributed by atoms with E-state index in [4.69, 9.17) is 9.47 Å². The second-order valence-electron chi connectivity index (χ2n) is 5.19. The molecule has 3 rings (SSSR count). The zero-order valence-corrected chi connectivity index (χ0v) is 12.6. The van der Waals surface area contributed by atoms with E-state index in [2.05, 4.69) is 10.3 Å². The lowest BCUT2D eigenvalue weighted by molar-refractivity contribution is -0.383. The maximum atomic E-state index is 11.9. The number of nitro groups is 1. The first-order chi connectivity index (χ1) is 11.1. The number of hydrogen-bond donors (Lipinski definition) is 2. The number of rotatable bonds is 4. The van der Waals surface area contributed by atoms with E-state index < -0.39 is 10.9 Å². The fraction of sp³-hybridized carbons (Fsp3) is 0.400. The molecular weight excluding hydrogens is 302 g/mol. The first kappa shape index (κ1) is 15.4. The molecule has 2 heterocycles. The van der Waals surface area contributed by atoms with Crippen molar-refractivity contribution >= 4 is 22.6 Å². The Morgan fingerprint density at radius 2 is 2.35 bits per heavy atom. The van der Waals surface area contributed by atoms with Gasteiger partial charge >= 0.3 is 5.97 Å². The predicted octanol–water partition coefficient (Wildman–Crippen LogP) is 1.91. The normalized spacial score (nSPS) is 18.0. The Morgan fingerprint density at radius 1 is 1.52 bits per heavy atom. The highest BCUT2D eigenvalue weighted by molar-refractivity contribution is 5.99. The van der Waals surface area contributed by atoms with E-state index in [1.165, 1.54) is 6.07 Å². The second kappa shape index (κ2) is 6.35. The van der Waals surface area contributed by atoms with E-state index in [0.29, 0.717) is 24.1 Å². The van der Waals surface area contributed by atoms with Crippen LogP contribution in [0.1, 0.15) is 29.1 Å². The molecule has 1 aromatic heterocycles. The first-order valence-corrected chi connectivity index (χ1v) is 7.41. The molecule has 0 radical (unpaired) electrons. The van der Waals surface area contributed by atoms with Gasteiger partial charge in [0.25, 0.3) is 5.69 Å². The van der Waals surface area contributed by atoms with E-state index in [9.17, 15) is 14.9 Å². The molecule has 1 atom stereocenters. The molecule has 8 heteroatoms. The molecular formula is C15H17N3O5. The summed E-state index contributed by atoms with van der Waals surface area (Å²) in [5.74, 6) is -0.536. The second-order valence-corrected chi connectivity index (χ2v) is 5.19. The molecule has 1 aliphatic rings. The minimum Gasteiger partial charge on any atom is -0.461 e. The number of aromatic nitrogens is 1. The first-order valence-electron chi connectivity index (χ1n) is 7.41. The SMILES string of the molecule is CCOC(=O)c1cc2c(C3CNCCO3)ccc([N+](=O)[O-])c2[nH]1. The van der Waals surface area contributed by atoms with Crippen LogP contribution in [-0.4, -0.2) is 42.2 Å². The highest BCUT2D eigenvalue weighted by Gasteiger charge is 2.25. The van der Waals surface area contributed by atoms with Crippen LogP contribution in [0.5, 0.6) is 0 Å². The van der Waals surface area contributed by atoms with Crippen LogP contribution in [0.2, 0.25) is 0 Å². The van der Waals surface area contributed by atoms with Gasteiger partial charge in [-0.2, -0.15) is 0 Å². The van der Waals surface area contributed by atoms with Crippen LogP contribution < -0.4 is 5.32 Å². The maximum Gasteiger partial charge on any atom is 0.354 e. The van der Waals surface area contributed by atoms with E-state index >= 15 is 0 Å². The van der Waals surface area contributed by atoms with E-state index in [0.717, 1.165) is 12.1 Å². The molecule has 1 unspecified atom stereocenters. The number of non-ortho nitro benzene ring substituents is 1. The lowest BCUT2D eigenvalue weighted by Crippen LogP contribution is -2.33. The third kappa shape index (κ3) is 2.90. The highest BCUT2D eigenvalue weighted by Crippen LogP contribution is 2.33. The summed E-state index contributed by atoms with van der Waals surface area (Å²) in [6.07, 6.45) is -0.210. The van der Waals surface area contributed by atoms with Crippen LogP contribution >= 0.6 is 0 Å². The summed E-state index contributed by atoms with van der Waals surface area (Å²) in [5, 5.41) is 15.1. The molecule has 0 amide bonds. The molecule has 122 valence electrons. The number of hydrogen-bond acceptors (Lipinski definition) is 6. The van der Waals surface area contributed by atoms with Crippen LogP contribution in [-0.2, 0) is 9.47 Å². The van der Waals surface area contributed by atoms with Crippen LogP contribution in [0.3, 0.4) is 0 Å². The largest absolute Gasteiger partial charge is 0.461 e. The molecule has 0 saturated carbocycles. The van der Waals surface area contributed by atoms with Crippen LogP contribution in [0.4, 0.5) is 5.69 Å². The number of ether oxygens (including phenoxy) is 2. The summed E-state index contributed by atoms with van der Waals surface area (Å²) in [7, 11) is 0. The average Bonchev–Trinajstić information content (AvgIpc) is 3.00. The lowest BCUT2D eigenvalue weighted by Gasteiger charge is -2.24. The van der Waals surface area contributed by atoms with E-state index in [1.807, 2.05) is 0 Å². The number of H-pyrrole nitrogens is 1. The molecule has 1 aliphatic heterocycles. The fourth-order valence-electron chi connectivity index (χ4n) is 2.74. The van der Waals surface area contributed by atoms with Gasteiger partial charge in [0.15, 0.2) is 0 Å². The van der Waals surface area contributed by atoms with Gasteiger partial charge in [0, 0.05) is 24.5 Å². The minimum atomic E-state index is -0.536. The van der Waals surface area contributed by atoms with Crippen molar-refractivity contribution in [3.05, 3.63) is 39.6 Å². The van der Waals surface area contributed by atoms with Crippen molar-refractivity contribution in [2.45, 2.75) is 13.0 Å². The highest BCUT2D eigenvalue weighted by atomic mass is 16.6. The number of carbonyl (C=O) groups is 1. The molecule has 2 aromatic rings. The minimum absolute atomic E-state index is 0.0805. The summed E-state index contributed by atoms with van der Waals surface area (Å²) in [6.45, 7) is 3.90. The number of benzene rings is 1. The number of morpholine rings is 1. The third-order valence-electron chi connectivity index (χ3n) is 3.77. The average molecular weight is 319 g/mol. The molecule has 23 heavy (non-hydrogen) atoms. The van der Waals surface area contributed by atoms with Crippen LogP contribution in [0, 0.1) is 10.1 Å². The standard InChI is InChI=1S/C15H17N3O5/c1-2-22-15(19)11-7-10-9(13-8-16-5-6-23-13)3-4-12(18(20)21)14(10)17-11/h3-4,7,13,16-17H,2,5-6,8H2,1H3. The number of fused-ring (bicyclic) bond motifs is 1. The Kier molecular flexibility index (Phi) is 4.26. The Labute approximate surface area is 131 Å². The van der Waals surface area contributed by atoms with Gasteiger partial charge in [-0.25, -0.2) is 4.79 Å². The van der Waals surface area contributed by atoms with Gasteiger partial charge in [0.2, 0.25) is 0 Å². The number of carbonyl (C=O) groups excluding carboxylic acids is 1. The molecule has 8 nitrogen and oxygen atoms in total. The van der Waals surface area contributed by atoms with Crippen LogP contribution in [0.15, 0.2) is 18.2 Å². The molecule has 1 saturated heterocycles. The number of nitro benzene ring substituents is 1. The Morgan fingerprint density at radius 3 is 3.00 bits per heavy atom. The summed E-state index contributed by atoms with van der Waals surface area (Å²) in [4.78, 5) is 25.5. The molecule has 0 aliphatic carbocycles. The number of nitrogens with zero attached hydrogens (tertiary/aromatic N) is 1. The third-order valence-corrected chi connectivity index (χ3v) is 3.77. The zero-order valence-electron chi connectivity index (χ0n) is 12.6. The van der Waals surface area contributed by atoms with Crippen molar-refractivity contribution < 1.29 is 19.2 Å². The van der Waals surface area contributed by atoms with Crippen molar-refractivity contribution in [1.82, 2.24) is 10.3 Å².